The fourth-order valence-corrected chi connectivity index (χ4v) is 2.70. The molecule has 0 bridgehead atoms. The zero-order valence-corrected chi connectivity index (χ0v) is 16.3. The number of hydrogen-bond acceptors (Lipinski definition) is 6. The first kappa shape index (κ1) is 21.5. The van der Waals surface area contributed by atoms with Gasteiger partial charge in [0.1, 0.15) is 5.56 Å². The molecule has 0 aliphatic carbocycles. The number of carbonyl (C=O) groups is 3. The lowest BCUT2D eigenvalue weighted by Crippen LogP contribution is -2.35. The SMILES string of the molecule is Cc1cccc(C)c1NC(=O)CNC(=O)COC(=O)c1cccc(C)c1[N+](=O)[O-]. The Hall–Kier alpha value is -3.75. The van der Waals surface area contributed by atoms with E-state index in [1.54, 1.807) is 0 Å². The number of nitrogens with one attached hydrogen (secondary N) is 2. The van der Waals surface area contributed by atoms with E-state index in [1.165, 1.54) is 25.1 Å². The van der Waals surface area contributed by atoms with Gasteiger partial charge in [0.05, 0.1) is 11.5 Å². The van der Waals surface area contributed by atoms with Crippen LogP contribution in [0.25, 0.3) is 0 Å². The summed E-state index contributed by atoms with van der Waals surface area (Å²) >= 11 is 0. The molecule has 0 aliphatic heterocycles. The minimum atomic E-state index is -0.990. The van der Waals surface area contributed by atoms with Crippen LogP contribution in [0.3, 0.4) is 0 Å². The maximum absolute atomic E-state index is 12.1. The van der Waals surface area contributed by atoms with E-state index in [0.717, 1.165) is 11.1 Å². The Labute approximate surface area is 167 Å². The molecule has 0 saturated carbocycles. The Morgan fingerprint density at radius 3 is 2.17 bits per heavy atom. The second-order valence-electron chi connectivity index (χ2n) is 6.40. The molecule has 0 radical (unpaired) electrons. The van der Waals surface area contributed by atoms with Crippen molar-refractivity contribution >= 4 is 29.2 Å². The summed E-state index contributed by atoms with van der Waals surface area (Å²) in [6.45, 7) is 4.22. The molecule has 9 heteroatoms. The molecule has 0 atom stereocenters. The monoisotopic (exact) mass is 399 g/mol. The minimum absolute atomic E-state index is 0.240. The van der Waals surface area contributed by atoms with E-state index in [-0.39, 0.29) is 17.8 Å². The first-order chi connectivity index (χ1) is 13.7. The summed E-state index contributed by atoms with van der Waals surface area (Å²) in [7, 11) is 0. The summed E-state index contributed by atoms with van der Waals surface area (Å²) in [5.74, 6) is -2.13. The third-order valence-electron chi connectivity index (χ3n) is 4.17. The van der Waals surface area contributed by atoms with Crippen LogP contribution in [0.2, 0.25) is 0 Å². The molecule has 0 spiro atoms. The number of nitro groups is 1. The summed E-state index contributed by atoms with van der Waals surface area (Å²) < 4.78 is 4.84. The normalized spacial score (nSPS) is 10.2. The van der Waals surface area contributed by atoms with Crippen LogP contribution in [0.15, 0.2) is 36.4 Å². The molecule has 0 fully saturated rings. The van der Waals surface area contributed by atoms with E-state index in [4.69, 9.17) is 4.74 Å². The average molecular weight is 399 g/mol. The van der Waals surface area contributed by atoms with Gasteiger partial charge in [0.2, 0.25) is 5.91 Å². The van der Waals surface area contributed by atoms with Gasteiger partial charge in [-0.3, -0.25) is 19.7 Å². The predicted octanol–water partition coefficient (Wildman–Crippen LogP) is 2.43. The summed E-state index contributed by atoms with van der Waals surface area (Å²) in [6, 6.07) is 9.81. The summed E-state index contributed by atoms with van der Waals surface area (Å²) in [4.78, 5) is 46.4. The van der Waals surface area contributed by atoms with Crippen LogP contribution in [0, 0.1) is 30.9 Å². The molecule has 2 aromatic carbocycles. The molecule has 0 aliphatic rings. The van der Waals surface area contributed by atoms with Crippen LogP contribution >= 0.6 is 0 Å². The predicted molar refractivity (Wildman–Crippen MR) is 106 cm³/mol. The molecule has 0 saturated heterocycles. The van der Waals surface area contributed by atoms with Crippen LogP contribution in [0.1, 0.15) is 27.0 Å². The topological polar surface area (TPSA) is 128 Å². The highest BCUT2D eigenvalue weighted by molar-refractivity contribution is 5.97. The average Bonchev–Trinajstić information content (AvgIpc) is 2.66. The van der Waals surface area contributed by atoms with Gasteiger partial charge in [-0.2, -0.15) is 0 Å². The maximum atomic E-state index is 12.1. The number of anilines is 1. The largest absolute Gasteiger partial charge is 0.452 e. The lowest BCUT2D eigenvalue weighted by atomic mass is 10.1. The molecule has 2 amide bonds. The van der Waals surface area contributed by atoms with Gasteiger partial charge in [0.15, 0.2) is 6.61 Å². The second-order valence-corrected chi connectivity index (χ2v) is 6.40. The van der Waals surface area contributed by atoms with Gasteiger partial charge < -0.3 is 15.4 Å². The lowest BCUT2D eigenvalue weighted by Gasteiger charge is -2.12. The summed E-state index contributed by atoms with van der Waals surface area (Å²) in [5.41, 5.74) is 2.14. The molecule has 9 nitrogen and oxygen atoms in total. The van der Waals surface area contributed by atoms with E-state index in [1.807, 2.05) is 32.0 Å². The quantitative estimate of drug-likeness (QED) is 0.418. The Balaban J connectivity index is 1.88. The minimum Gasteiger partial charge on any atom is -0.452 e. The summed E-state index contributed by atoms with van der Waals surface area (Å²) in [5, 5.41) is 16.2. The van der Waals surface area contributed by atoms with Crippen LogP contribution in [-0.4, -0.2) is 35.9 Å². The van der Waals surface area contributed by atoms with E-state index in [2.05, 4.69) is 10.6 Å². The van der Waals surface area contributed by atoms with Gasteiger partial charge >= 0.3 is 5.97 Å². The van der Waals surface area contributed by atoms with Crippen LogP contribution in [0.5, 0.6) is 0 Å². The number of benzene rings is 2. The summed E-state index contributed by atoms with van der Waals surface area (Å²) in [6.07, 6.45) is 0. The number of aryl methyl sites for hydroxylation is 3. The van der Waals surface area contributed by atoms with Crippen molar-refractivity contribution in [2.45, 2.75) is 20.8 Å². The molecule has 29 heavy (non-hydrogen) atoms. The number of para-hydroxylation sites is 2. The molecule has 0 aromatic heterocycles. The van der Waals surface area contributed by atoms with Gasteiger partial charge in [-0.1, -0.05) is 30.3 Å². The van der Waals surface area contributed by atoms with Gasteiger partial charge in [-0.25, -0.2) is 4.79 Å². The van der Waals surface area contributed by atoms with Gasteiger partial charge in [-0.15, -0.1) is 0 Å². The molecular weight excluding hydrogens is 378 g/mol. The van der Waals surface area contributed by atoms with Crippen molar-refractivity contribution in [2.75, 3.05) is 18.5 Å². The third-order valence-corrected chi connectivity index (χ3v) is 4.17. The van der Waals surface area contributed by atoms with Gasteiger partial charge in [0.25, 0.3) is 11.6 Å². The molecular formula is C20H21N3O6. The molecule has 0 unspecified atom stereocenters. The number of carbonyl (C=O) groups excluding carboxylic acids is 3. The number of ether oxygens (including phenoxy) is 1. The van der Waals surface area contributed by atoms with Crippen LogP contribution in [0.4, 0.5) is 11.4 Å². The van der Waals surface area contributed by atoms with Crippen LogP contribution in [-0.2, 0) is 14.3 Å². The molecule has 2 rings (SSSR count). The highest BCUT2D eigenvalue weighted by Crippen LogP contribution is 2.23. The van der Waals surface area contributed by atoms with Crippen molar-refractivity contribution in [3.63, 3.8) is 0 Å². The number of nitro benzene ring substituents is 1. The molecule has 2 aromatic rings. The zero-order valence-electron chi connectivity index (χ0n) is 16.3. The van der Waals surface area contributed by atoms with Crippen molar-refractivity contribution in [1.29, 1.82) is 0 Å². The molecule has 152 valence electrons. The van der Waals surface area contributed by atoms with Crippen LogP contribution < -0.4 is 10.6 Å². The smallest absolute Gasteiger partial charge is 0.345 e. The zero-order chi connectivity index (χ0) is 21.6. The number of esters is 1. The standard InChI is InChI=1S/C20H21N3O6/c1-12-6-4-7-13(2)18(12)22-16(24)10-21-17(25)11-29-20(26)15-9-5-8-14(3)19(15)23(27)28/h4-9H,10-11H2,1-3H3,(H,21,25)(H,22,24). The van der Waals surface area contributed by atoms with Crippen molar-refractivity contribution < 1.29 is 24.0 Å². The Morgan fingerprint density at radius 2 is 1.55 bits per heavy atom. The molecule has 0 heterocycles. The lowest BCUT2D eigenvalue weighted by molar-refractivity contribution is -0.385. The highest BCUT2D eigenvalue weighted by Gasteiger charge is 2.24. The van der Waals surface area contributed by atoms with Crippen molar-refractivity contribution in [3.8, 4) is 0 Å². The molecule has 2 N–H and O–H groups in total. The van der Waals surface area contributed by atoms with Gasteiger partial charge in [-0.05, 0) is 38.0 Å². The van der Waals surface area contributed by atoms with E-state index in [9.17, 15) is 24.5 Å². The first-order valence-electron chi connectivity index (χ1n) is 8.74. The highest BCUT2D eigenvalue weighted by atomic mass is 16.6. The van der Waals surface area contributed by atoms with E-state index in [0.29, 0.717) is 11.3 Å². The van der Waals surface area contributed by atoms with E-state index >= 15 is 0 Å². The van der Waals surface area contributed by atoms with Crippen molar-refractivity contribution in [2.24, 2.45) is 0 Å². The fraction of sp³-hybridized carbons (Fsp3) is 0.250. The van der Waals surface area contributed by atoms with Crippen molar-refractivity contribution in [1.82, 2.24) is 5.32 Å². The number of hydrogen-bond donors (Lipinski definition) is 2. The fourth-order valence-electron chi connectivity index (χ4n) is 2.70. The Morgan fingerprint density at radius 1 is 0.966 bits per heavy atom. The second kappa shape index (κ2) is 9.45. The van der Waals surface area contributed by atoms with Gasteiger partial charge in [0, 0.05) is 11.3 Å². The maximum Gasteiger partial charge on any atom is 0.345 e. The number of amides is 2. The Bertz CT molecular complexity index is 950. The Kier molecular flexibility index (Phi) is 7.02. The number of nitrogens with zero attached hydrogens (tertiary/aromatic N) is 1. The van der Waals surface area contributed by atoms with E-state index < -0.39 is 29.3 Å². The van der Waals surface area contributed by atoms with Crippen molar-refractivity contribution in [3.05, 3.63) is 68.8 Å². The third kappa shape index (κ3) is 5.61. The number of rotatable bonds is 7. The first-order valence-corrected chi connectivity index (χ1v) is 8.74.